The second-order valence-electron chi connectivity index (χ2n) is 4.80. The van der Waals surface area contributed by atoms with Gasteiger partial charge in [0.25, 0.3) is 0 Å². The van der Waals surface area contributed by atoms with Crippen molar-refractivity contribution in [3.05, 3.63) is 0 Å². The second-order valence-corrected chi connectivity index (χ2v) is 4.80. The molecule has 0 atom stereocenters. The maximum atomic E-state index is 1.56. The summed E-state index contributed by atoms with van der Waals surface area (Å²) in [6.45, 7) is 0. The smallest absolute Gasteiger partial charge is 0.114 e. The lowest BCUT2D eigenvalue weighted by Crippen LogP contribution is -2.20. The van der Waals surface area contributed by atoms with Gasteiger partial charge in [0.1, 0.15) is 0 Å². The van der Waals surface area contributed by atoms with Crippen LogP contribution in [0.3, 0.4) is 0 Å². The Morgan fingerprint density at radius 3 is 1.07 bits per heavy atom. The summed E-state index contributed by atoms with van der Waals surface area (Å²) in [5.74, 6) is 2.28. The molecular weight excluding hydrogens is 251 g/mol. The molecule has 2 rings (SSSR count). The molecule has 0 unspecified atom stereocenters. The Balaban J connectivity index is 0.000000845. The van der Waals surface area contributed by atoms with Gasteiger partial charge in [0, 0.05) is 0 Å². The van der Waals surface area contributed by atoms with Crippen LogP contribution in [0.25, 0.3) is 0 Å². The Morgan fingerprint density at radius 2 is 0.786 bits per heavy atom. The largest absolute Gasteiger partial charge is 0.187 e. The molecule has 2 fully saturated rings. The lowest BCUT2D eigenvalue weighted by molar-refractivity contribution is 0.196. The summed E-state index contributed by atoms with van der Waals surface area (Å²) in [4.78, 5) is 0. The van der Waals surface area contributed by atoms with E-state index in [9.17, 15) is 0 Å². The first kappa shape index (κ1) is 15.0. The molecule has 84 valence electrons. The van der Waals surface area contributed by atoms with Gasteiger partial charge in [-0.3, -0.25) is 0 Å². The highest BCUT2D eigenvalue weighted by Crippen LogP contribution is 2.37. The first-order chi connectivity index (χ1) is 5.97. The van der Waals surface area contributed by atoms with Crippen LogP contribution in [0.4, 0.5) is 0 Å². The van der Waals surface area contributed by atoms with Gasteiger partial charge in [-0.1, -0.05) is 64.2 Å². The maximum absolute atomic E-state index is 1.56. The summed E-state index contributed by atoms with van der Waals surface area (Å²) in [6.07, 6.45) is 15.4. The fourth-order valence-electron chi connectivity index (χ4n) is 3.21. The first-order valence-electron chi connectivity index (χ1n) is 5.97. The molecule has 0 aromatic heterocycles. The van der Waals surface area contributed by atoms with Crippen LogP contribution in [0.15, 0.2) is 0 Å². The molecule has 0 saturated heterocycles. The minimum absolute atomic E-state index is 0. The zero-order chi connectivity index (χ0) is 8.23. The van der Waals surface area contributed by atoms with Crippen LogP contribution in [-0.4, -0.2) is 17.4 Å². The van der Waals surface area contributed by atoms with E-state index in [-0.39, 0.29) is 34.3 Å². The molecule has 0 spiro atoms. The standard InChI is InChI=1S/C12H22.Al.BrH.3H/c1-3-7-11(8-4-1)12-9-5-2-6-10-12;;;;;/h11-12H,1-10H2;;1H;;;. The van der Waals surface area contributed by atoms with Crippen molar-refractivity contribution in [2.75, 3.05) is 0 Å². The highest BCUT2D eigenvalue weighted by molar-refractivity contribution is 8.93. The lowest BCUT2D eigenvalue weighted by atomic mass is 9.73. The Kier molecular flexibility index (Phi) is 8.79. The Hall–Kier alpha value is 1.01. The predicted molar refractivity (Wildman–Crippen MR) is 73.4 cm³/mol. The van der Waals surface area contributed by atoms with Crippen LogP contribution in [0.5, 0.6) is 0 Å². The van der Waals surface area contributed by atoms with Crippen molar-refractivity contribution in [1.29, 1.82) is 0 Å². The van der Waals surface area contributed by atoms with Gasteiger partial charge in [-0.2, -0.15) is 0 Å². The second kappa shape index (κ2) is 8.20. The average Bonchev–Trinajstić information content (AvgIpc) is 2.21. The van der Waals surface area contributed by atoms with Crippen molar-refractivity contribution >= 4 is 34.3 Å². The first-order valence-corrected chi connectivity index (χ1v) is 5.97. The van der Waals surface area contributed by atoms with Gasteiger partial charge in [-0.25, -0.2) is 0 Å². The summed E-state index contributed by atoms with van der Waals surface area (Å²) in [5.41, 5.74) is 0. The van der Waals surface area contributed by atoms with Crippen molar-refractivity contribution < 1.29 is 0 Å². The van der Waals surface area contributed by atoms with Gasteiger partial charge < -0.3 is 0 Å². The molecule has 0 nitrogen and oxygen atoms in total. The van der Waals surface area contributed by atoms with Gasteiger partial charge >= 0.3 is 0 Å². The van der Waals surface area contributed by atoms with Crippen molar-refractivity contribution in [2.24, 2.45) is 11.8 Å². The van der Waals surface area contributed by atoms with E-state index in [2.05, 4.69) is 0 Å². The summed E-state index contributed by atoms with van der Waals surface area (Å²) >= 11 is 0. The molecule has 0 amide bonds. The molecule has 0 aromatic carbocycles. The molecule has 2 saturated carbocycles. The molecule has 2 heteroatoms. The van der Waals surface area contributed by atoms with E-state index in [0.29, 0.717) is 0 Å². The minimum Gasteiger partial charge on any atom is -0.114 e. The summed E-state index contributed by atoms with van der Waals surface area (Å²) in [6, 6.07) is 0. The van der Waals surface area contributed by atoms with Crippen LogP contribution >= 0.6 is 17.0 Å². The fraction of sp³-hybridized carbons (Fsp3) is 1.00. The molecule has 0 radical (unpaired) electrons. The van der Waals surface area contributed by atoms with Gasteiger partial charge in [-0.05, 0) is 11.8 Å². The van der Waals surface area contributed by atoms with E-state index < -0.39 is 0 Å². The van der Waals surface area contributed by atoms with Crippen LogP contribution in [0.1, 0.15) is 64.2 Å². The highest BCUT2D eigenvalue weighted by atomic mass is 79.9. The molecule has 0 aromatic rings. The quantitative estimate of drug-likeness (QED) is 0.643. The number of rotatable bonds is 1. The normalized spacial score (nSPS) is 24.9. The minimum atomic E-state index is 0. The molecule has 2 aliphatic carbocycles. The summed E-state index contributed by atoms with van der Waals surface area (Å²) < 4.78 is 0. The van der Waals surface area contributed by atoms with Gasteiger partial charge in [0.15, 0.2) is 17.4 Å². The van der Waals surface area contributed by atoms with E-state index in [4.69, 9.17) is 0 Å². The van der Waals surface area contributed by atoms with Gasteiger partial charge in [0.05, 0.1) is 0 Å². The molecule has 0 N–H and O–H groups in total. The third-order valence-electron chi connectivity index (χ3n) is 3.97. The molecule has 0 heterocycles. The third-order valence-corrected chi connectivity index (χ3v) is 3.97. The molecule has 0 aliphatic heterocycles. The predicted octanol–water partition coefficient (Wildman–Crippen LogP) is 3.54. The Bertz CT molecular complexity index is 110. The third kappa shape index (κ3) is 4.25. The number of hydrogen-bond acceptors (Lipinski definition) is 0. The van der Waals surface area contributed by atoms with Gasteiger partial charge in [0.2, 0.25) is 0 Å². The van der Waals surface area contributed by atoms with Gasteiger partial charge in [-0.15, -0.1) is 17.0 Å². The van der Waals surface area contributed by atoms with Crippen molar-refractivity contribution in [3.8, 4) is 0 Å². The van der Waals surface area contributed by atoms with Crippen molar-refractivity contribution in [2.45, 2.75) is 64.2 Å². The van der Waals surface area contributed by atoms with Crippen molar-refractivity contribution in [1.82, 2.24) is 0 Å². The van der Waals surface area contributed by atoms with Crippen LogP contribution < -0.4 is 0 Å². The zero-order valence-corrected chi connectivity index (χ0v) is 10.3. The molecule has 2 aliphatic rings. The van der Waals surface area contributed by atoms with E-state index in [1.54, 1.807) is 25.7 Å². The Morgan fingerprint density at radius 1 is 0.500 bits per heavy atom. The van der Waals surface area contributed by atoms with Crippen molar-refractivity contribution in [3.63, 3.8) is 0 Å². The SMILES string of the molecule is Br.C1CCC(C2CCCCC2)CC1.[AlH3]. The van der Waals surface area contributed by atoms with E-state index in [0.717, 1.165) is 11.8 Å². The van der Waals surface area contributed by atoms with E-state index in [1.165, 1.54) is 38.5 Å². The average molecular weight is 277 g/mol. The van der Waals surface area contributed by atoms with Crippen LogP contribution in [0.2, 0.25) is 0 Å². The van der Waals surface area contributed by atoms with Crippen LogP contribution in [-0.2, 0) is 0 Å². The zero-order valence-electron chi connectivity index (χ0n) is 8.63. The maximum Gasteiger partial charge on any atom is 0.187 e. The van der Waals surface area contributed by atoms with E-state index in [1.807, 2.05) is 0 Å². The number of hydrogen-bond donors (Lipinski definition) is 0. The number of halogens is 1. The summed E-state index contributed by atoms with van der Waals surface area (Å²) in [7, 11) is 0. The summed E-state index contributed by atoms with van der Waals surface area (Å²) in [5, 5.41) is 0. The van der Waals surface area contributed by atoms with E-state index >= 15 is 0 Å². The lowest BCUT2D eigenvalue weighted by Gasteiger charge is -2.32. The molecule has 14 heavy (non-hydrogen) atoms. The monoisotopic (exact) mass is 276 g/mol. The fourth-order valence-corrected chi connectivity index (χ4v) is 3.21. The molecular formula is C12H26AlBr. The molecule has 0 bridgehead atoms. The highest BCUT2D eigenvalue weighted by Gasteiger charge is 2.24. The Labute approximate surface area is 110 Å². The van der Waals surface area contributed by atoms with Crippen LogP contribution in [0, 0.1) is 11.8 Å². The topological polar surface area (TPSA) is 0 Å².